The van der Waals surface area contributed by atoms with Crippen LogP contribution < -0.4 is 5.32 Å². The molecule has 0 bridgehead atoms. The van der Waals surface area contributed by atoms with Crippen molar-refractivity contribution in [3.63, 3.8) is 0 Å². The molecule has 6 heteroatoms. The van der Waals surface area contributed by atoms with Crippen LogP contribution in [0.3, 0.4) is 0 Å². The Morgan fingerprint density at radius 3 is 2.48 bits per heavy atom. The second-order valence-electron chi connectivity index (χ2n) is 7.28. The standard InChI is InChI=1S/C23H24N2O2S2/c1-16-20(23(27)25-12-6-3-7-13-25)22(24-19(26)15-18-11-8-14-28-18)29-21(16)17-9-4-2-5-10-17/h2,4-5,8-11,14H,3,6-7,12-13,15H2,1H3,(H,24,26). The Bertz CT molecular complexity index is 988. The molecule has 1 N–H and O–H groups in total. The minimum absolute atomic E-state index is 0.0343. The minimum Gasteiger partial charge on any atom is -0.339 e. The summed E-state index contributed by atoms with van der Waals surface area (Å²) in [7, 11) is 0. The van der Waals surface area contributed by atoms with E-state index in [-0.39, 0.29) is 11.8 Å². The second kappa shape index (κ2) is 8.93. The third-order valence-electron chi connectivity index (χ3n) is 5.21. The first-order chi connectivity index (χ1) is 14.1. The van der Waals surface area contributed by atoms with E-state index in [1.165, 1.54) is 17.8 Å². The second-order valence-corrected chi connectivity index (χ2v) is 9.34. The summed E-state index contributed by atoms with van der Waals surface area (Å²) in [5.41, 5.74) is 2.67. The lowest BCUT2D eigenvalue weighted by atomic mass is 10.0. The quantitative estimate of drug-likeness (QED) is 0.580. The maximum atomic E-state index is 13.4. The molecule has 0 spiro atoms. The molecule has 1 saturated heterocycles. The predicted octanol–water partition coefficient (Wildman–Crippen LogP) is 5.59. The summed E-state index contributed by atoms with van der Waals surface area (Å²) in [6.45, 7) is 3.57. The number of thiophene rings is 2. The van der Waals surface area contributed by atoms with Crippen LogP contribution >= 0.6 is 22.7 Å². The zero-order valence-corrected chi connectivity index (χ0v) is 18.1. The molecule has 0 saturated carbocycles. The summed E-state index contributed by atoms with van der Waals surface area (Å²) in [6, 6.07) is 14.0. The number of hydrogen-bond donors (Lipinski definition) is 1. The molecule has 0 unspecified atom stereocenters. The topological polar surface area (TPSA) is 49.4 Å². The largest absolute Gasteiger partial charge is 0.339 e. The van der Waals surface area contributed by atoms with Gasteiger partial charge in [0.05, 0.1) is 12.0 Å². The van der Waals surface area contributed by atoms with Crippen LogP contribution in [0.1, 0.15) is 40.1 Å². The van der Waals surface area contributed by atoms with Crippen LogP contribution in [0, 0.1) is 6.92 Å². The molecule has 1 fully saturated rings. The highest BCUT2D eigenvalue weighted by Crippen LogP contribution is 2.40. The van der Waals surface area contributed by atoms with Crippen molar-refractivity contribution in [3.8, 4) is 10.4 Å². The molecule has 2 aromatic heterocycles. The third kappa shape index (κ3) is 4.43. The molecule has 4 nitrogen and oxygen atoms in total. The highest BCUT2D eigenvalue weighted by atomic mass is 32.1. The number of hydrogen-bond acceptors (Lipinski definition) is 4. The van der Waals surface area contributed by atoms with E-state index in [1.807, 2.05) is 59.7 Å². The number of carbonyl (C=O) groups is 2. The van der Waals surface area contributed by atoms with E-state index in [4.69, 9.17) is 0 Å². The maximum absolute atomic E-state index is 13.4. The lowest BCUT2D eigenvalue weighted by Gasteiger charge is -2.27. The van der Waals surface area contributed by atoms with Crippen molar-refractivity contribution in [1.82, 2.24) is 4.90 Å². The van der Waals surface area contributed by atoms with Crippen molar-refractivity contribution in [1.29, 1.82) is 0 Å². The fourth-order valence-electron chi connectivity index (χ4n) is 3.72. The van der Waals surface area contributed by atoms with Gasteiger partial charge < -0.3 is 10.2 Å². The fraction of sp³-hybridized carbons (Fsp3) is 0.304. The molecule has 0 radical (unpaired) electrons. The van der Waals surface area contributed by atoms with Crippen molar-refractivity contribution in [2.24, 2.45) is 0 Å². The first kappa shape index (κ1) is 19.9. The Kier molecular flexibility index (Phi) is 6.11. The molecule has 0 aliphatic carbocycles. The van der Waals surface area contributed by atoms with E-state index in [1.54, 1.807) is 11.3 Å². The Balaban J connectivity index is 1.67. The molecule has 2 amide bonds. The average Bonchev–Trinajstić information content (AvgIpc) is 3.36. The molecule has 150 valence electrons. The number of anilines is 1. The zero-order valence-electron chi connectivity index (χ0n) is 16.4. The predicted molar refractivity (Wildman–Crippen MR) is 121 cm³/mol. The number of piperidine rings is 1. The molecule has 3 heterocycles. The number of nitrogens with one attached hydrogen (secondary N) is 1. The van der Waals surface area contributed by atoms with Gasteiger partial charge in [-0.05, 0) is 48.8 Å². The van der Waals surface area contributed by atoms with Crippen molar-refractivity contribution in [2.75, 3.05) is 18.4 Å². The smallest absolute Gasteiger partial charge is 0.257 e. The number of rotatable bonds is 5. The first-order valence-corrected chi connectivity index (χ1v) is 11.6. The summed E-state index contributed by atoms with van der Waals surface area (Å²) in [6.07, 6.45) is 3.58. The molecule has 1 aromatic carbocycles. The van der Waals surface area contributed by atoms with E-state index in [0.29, 0.717) is 17.0 Å². The van der Waals surface area contributed by atoms with E-state index >= 15 is 0 Å². The van der Waals surface area contributed by atoms with Gasteiger partial charge in [0.2, 0.25) is 5.91 Å². The van der Waals surface area contributed by atoms with Crippen LogP contribution in [0.25, 0.3) is 10.4 Å². The number of nitrogens with zero attached hydrogens (tertiary/aromatic N) is 1. The highest BCUT2D eigenvalue weighted by molar-refractivity contribution is 7.20. The van der Waals surface area contributed by atoms with Gasteiger partial charge in [-0.25, -0.2) is 0 Å². The van der Waals surface area contributed by atoms with Gasteiger partial charge in [0.25, 0.3) is 5.91 Å². The third-order valence-corrected chi connectivity index (χ3v) is 7.34. The van der Waals surface area contributed by atoms with E-state index in [0.717, 1.165) is 46.8 Å². The van der Waals surface area contributed by atoms with Crippen LogP contribution in [0.5, 0.6) is 0 Å². The highest BCUT2D eigenvalue weighted by Gasteiger charge is 2.27. The van der Waals surface area contributed by atoms with Gasteiger partial charge in [0.15, 0.2) is 0 Å². The van der Waals surface area contributed by atoms with Crippen LogP contribution in [-0.2, 0) is 11.2 Å². The van der Waals surface area contributed by atoms with Crippen molar-refractivity contribution in [3.05, 3.63) is 63.8 Å². The van der Waals surface area contributed by atoms with E-state index in [9.17, 15) is 9.59 Å². The molecule has 29 heavy (non-hydrogen) atoms. The lowest BCUT2D eigenvalue weighted by Crippen LogP contribution is -2.36. The normalized spacial score (nSPS) is 14.0. The van der Waals surface area contributed by atoms with Gasteiger partial charge in [0, 0.05) is 22.8 Å². The van der Waals surface area contributed by atoms with Crippen LogP contribution in [0.2, 0.25) is 0 Å². The molecule has 1 aliphatic rings. The summed E-state index contributed by atoms with van der Waals surface area (Å²) in [5, 5.41) is 5.67. The van der Waals surface area contributed by atoms with Crippen molar-refractivity contribution < 1.29 is 9.59 Å². The molecule has 0 atom stereocenters. The average molecular weight is 425 g/mol. The van der Waals surface area contributed by atoms with Gasteiger partial charge in [-0.2, -0.15) is 0 Å². The summed E-state index contributed by atoms with van der Waals surface area (Å²) in [5.74, 6) is -0.0481. The number of carbonyl (C=O) groups excluding carboxylic acids is 2. The van der Waals surface area contributed by atoms with E-state index < -0.39 is 0 Å². The zero-order chi connectivity index (χ0) is 20.2. The van der Waals surface area contributed by atoms with Crippen molar-refractivity contribution >= 4 is 39.5 Å². The van der Waals surface area contributed by atoms with Crippen LogP contribution in [0.15, 0.2) is 47.8 Å². The van der Waals surface area contributed by atoms with Crippen molar-refractivity contribution in [2.45, 2.75) is 32.6 Å². The van der Waals surface area contributed by atoms with Gasteiger partial charge >= 0.3 is 0 Å². The van der Waals surface area contributed by atoms with Gasteiger partial charge in [0.1, 0.15) is 5.00 Å². The summed E-state index contributed by atoms with van der Waals surface area (Å²) in [4.78, 5) is 30.0. The molecular weight excluding hydrogens is 400 g/mol. The van der Waals surface area contributed by atoms with Gasteiger partial charge in [-0.3, -0.25) is 9.59 Å². The molecule has 3 aromatic rings. The van der Waals surface area contributed by atoms with Gasteiger partial charge in [-0.1, -0.05) is 36.4 Å². The van der Waals surface area contributed by atoms with E-state index in [2.05, 4.69) is 5.32 Å². The maximum Gasteiger partial charge on any atom is 0.257 e. The minimum atomic E-state index is -0.0824. The Labute approximate surface area is 179 Å². The number of benzene rings is 1. The van der Waals surface area contributed by atoms with Crippen LogP contribution in [-0.4, -0.2) is 29.8 Å². The Morgan fingerprint density at radius 1 is 1.03 bits per heavy atom. The SMILES string of the molecule is Cc1c(-c2ccccc2)sc(NC(=O)Cc2cccs2)c1C(=O)N1CCCCC1. The summed E-state index contributed by atoms with van der Waals surface area (Å²) < 4.78 is 0. The Morgan fingerprint density at radius 2 is 1.79 bits per heavy atom. The number of amides is 2. The lowest BCUT2D eigenvalue weighted by molar-refractivity contribution is -0.115. The molecular formula is C23H24N2O2S2. The molecule has 4 rings (SSSR count). The molecule has 1 aliphatic heterocycles. The van der Waals surface area contributed by atoms with Gasteiger partial charge in [-0.15, -0.1) is 22.7 Å². The fourth-order valence-corrected chi connectivity index (χ4v) is 5.65. The first-order valence-electron chi connectivity index (χ1n) is 9.94. The number of likely N-dealkylation sites (tertiary alicyclic amines) is 1. The Hall–Kier alpha value is -2.44. The van der Waals surface area contributed by atoms with Crippen LogP contribution in [0.4, 0.5) is 5.00 Å². The summed E-state index contributed by atoms with van der Waals surface area (Å²) >= 11 is 3.06. The monoisotopic (exact) mass is 424 g/mol.